The Kier molecular flexibility index (Phi) is 7.38. The summed E-state index contributed by atoms with van der Waals surface area (Å²) in [6.07, 6.45) is -0.630. The number of rotatable bonds is 6. The number of benzene rings is 2. The maximum absolute atomic E-state index is 13.7. The van der Waals surface area contributed by atoms with Gasteiger partial charge < -0.3 is 14.8 Å². The number of hydrogen-bond acceptors (Lipinski definition) is 6. The van der Waals surface area contributed by atoms with Gasteiger partial charge in [-0.25, -0.2) is 14.6 Å². The Hall–Kier alpha value is -3.39. The van der Waals surface area contributed by atoms with Crippen LogP contribution >= 0.6 is 11.6 Å². The van der Waals surface area contributed by atoms with Crippen LogP contribution in [-0.4, -0.2) is 34.3 Å². The highest BCUT2D eigenvalue weighted by molar-refractivity contribution is 6.32. The van der Waals surface area contributed by atoms with Crippen LogP contribution in [0.4, 0.5) is 4.79 Å². The summed E-state index contributed by atoms with van der Waals surface area (Å²) in [5.41, 5.74) is 1.76. The number of aromatic nitrogens is 2. The summed E-state index contributed by atoms with van der Waals surface area (Å²) < 4.78 is 11.8. The van der Waals surface area contributed by atoms with Crippen molar-refractivity contribution in [1.82, 2.24) is 14.9 Å². The molecule has 3 aromatic rings. The normalized spacial score (nSPS) is 11.0. The van der Waals surface area contributed by atoms with E-state index in [0.29, 0.717) is 32.9 Å². The highest BCUT2D eigenvalue weighted by atomic mass is 35.5. The molecule has 0 fully saturated rings. The van der Waals surface area contributed by atoms with E-state index in [0.717, 1.165) is 0 Å². The number of amides is 1. The molecule has 9 heteroatoms. The molecule has 33 heavy (non-hydrogen) atoms. The molecule has 2 aromatic carbocycles. The van der Waals surface area contributed by atoms with E-state index in [1.165, 1.54) is 4.57 Å². The number of carbonyl (C=O) groups is 2. The molecule has 174 valence electrons. The van der Waals surface area contributed by atoms with Gasteiger partial charge in [0.2, 0.25) is 0 Å². The van der Waals surface area contributed by atoms with Crippen molar-refractivity contribution in [1.29, 1.82) is 0 Å². The molecule has 3 rings (SSSR count). The van der Waals surface area contributed by atoms with Gasteiger partial charge >= 0.3 is 12.1 Å². The van der Waals surface area contributed by atoms with E-state index in [1.54, 1.807) is 51.1 Å². The van der Waals surface area contributed by atoms with Gasteiger partial charge in [0.1, 0.15) is 0 Å². The Morgan fingerprint density at radius 1 is 1.18 bits per heavy atom. The minimum absolute atomic E-state index is 0.112. The van der Waals surface area contributed by atoms with Crippen LogP contribution in [-0.2, 0) is 16.1 Å². The Bertz CT molecular complexity index is 1280. The molecule has 0 atom stereocenters. The van der Waals surface area contributed by atoms with Crippen LogP contribution < -0.4 is 10.9 Å². The van der Waals surface area contributed by atoms with Crippen molar-refractivity contribution >= 4 is 34.6 Å². The average Bonchev–Trinajstić information content (AvgIpc) is 2.72. The van der Waals surface area contributed by atoms with Crippen molar-refractivity contribution in [3.63, 3.8) is 0 Å². The molecule has 1 amide bonds. The van der Waals surface area contributed by atoms with E-state index in [2.05, 4.69) is 10.3 Å². The number of hydrogen-bond donors (Lipinski definition) is 1. The van der Waals surface area contributed by atoms with Gasteiger partial charge in [0.15, 0.2) is 12.4 Å². The number of nitrogens with zero attached hydrogens (tertiary/aromatic N) is 2. The summed E-state index contributed by atoms with van der Waals surface area (Å²) in [7, 11) is 0. The van der Waals surface area contributed by atoms with Crippen molar-refractivity contribution in [3.05, 3.63) is 68.2 Å². The number of alkyl carbamates (subject to hydrolysis) is 1. The highest BCUT2D eigenvalue weighted by Gasteiger charge is 2.22. The zero-order valence-electron chi connectivity index (χ0n) is 19.2. The zero-order valence-corrected chi connectivity index (χ0v) is 19.9. The molecule has 0 aliphatic carbocycles. The maximum atomic E-state index is 13.7. The van der Waals surface area contributed by atoms with Crippen LogP contribution in [0.2, 0.25) is 5.02 Å². The standard InChI is InChI=1S/C24H26ClN3O5/c1-6-32-23(30)20-14(4)11-17-21(15(20)5)22(29)28(18-10-8-7-9-16(18)25)19(27-17)12-33-24(31)26-13(2)3/h7-11,13H,6,12H2,1-5H3,(H,26,31). The summed E-state index contributed by atoms with van der Waals surface area (Å²) in [6.45, 7) is 8.74. The molecule has 0 radical (unpaired) electrons. The fourth-order valence-corrected chi connectivity index (χ4v) is 3.86. The van der Waals surface area contributed by atoms with E-state index in [1.807, 2.05) is 13.8 Å². The van der Waals surface area contributed by atoms with E-state index < -0.39 is 17.6 Å². The molecule has 8 nitrogen and oxygen atoms in total. The second kappa shape index (κ2) is 10.0. The van der Waals surface area contributed by atoms with Gasteiger partial charge in [-0.15, -0.1) is 0 Å². The number of carbonyl (C=O) groups excluding carboxylic acids is 2. The highest BCUT2D eigenvalue weighted by Crippen LogP contribution is 2.26. The molecule has 0 unspecified atom stereocenters. The van der Waals surface area contributed by atoms with Crippen molar-refractivity contribution in [2.75, 3.05) is 6.61 Å². The van der Waals surface area contributed by atoms with Gasteiger partial charge in [-0.3, -0.25) is 9.36 Å². The van der Waals surface area contributed by atoms with Gasteiger partial charge in [0.25, 0.3) is 5.56 Å². The molecule has 0 bridgehead atoms. The third kappa shape index (κ3) is 5.01. The molecule has 0 spiro atoms. The lowest BCUT2D eigenvalue weighted by Crippen LogP contribution is -2.32. The molecule has 0 aliphatic heterocycles. The number of esters is 1. The molecule has 0 saturated carbocycles. The predicted molar refractivity (Wildman–Crippen MR) is 126 cm³/mol. The van der Waals surface area contributed by atoms with Crippen molar-refractivity contribution in [2.45, 2.75) is 47.3 Å². The van der Waals surface area contributed by atoms with Gasteiger partial charge in [-0.05, 0) is 63.9 Å². The summed E-state index contributed by atoms with van der Waals surface area (Å²) >= 11 is 6.39. The molecule has 1 heterocycles. The third-order valence-electron chi connectivity index (χ3n) is 4.99. The van der Waals surface area contributed by atoms with E-state index in [4.69, 9.17) is 21.1 Å². The van der Waals surface area contributed by atoms with Gasteiger partial charge in [-0.1, -0.05) is 23.7 Å². The van der Waals surface area contributed by atoms with Crippen LogP contribution in [0, 0.1) is 13.8 Å². The first-order chi connectivity index (χ1) is 15.6. The number of ether oxygens (including phenoxy) is 2. The first-order valence-corrected chi connectivity index (χ1v) is 10.9. The molecular weight excluding hydrogens is 446 g/mol. The third-order valence-corrected chi connectivity index (χ3v) is 5.31. The van der Waals surface area contributed by atoms with Crippen LogP contribution in [0.5, 0.6) is 0 Å². The molecular formula is C24H26ClN3O5. The monoisotopic (exact) mass is 471 g/mol. The van der Waals surface area contributed by atoms with Crippen LogP contribution in [0.1, 0.15) is 48.1 Å². The molecule has 0 aliphatic rings. The first kappa shape index (κ1) is 24.3. The lowest BCUT2D eigenvalue weighted by molar-refractivity contribution is 0.0525. The van der Waals surface area contributed by atoms with Gasteiger partial charge in [0, 0.05) is 6.04 Å². The minimum Gasteiger partial charge on any atom is -0.462 e. The van der Waals surface area contributed by atoms with E-state index >= 15 is 0 Å². The zero-order chi connectivity index (χ0) is 24.3. The number of fused-ring (bicyclic) bond motifs is 1. The van der Waals surface area contributed by atoms with Crippen LogP contribution in [0.3, 0.4) is 0 Å². The first-order valence-electron chi connectivity index (χ1n) is 10.6. The van der Waals surface area contributed by atoms with E-state index in [-0.39, 0.29) is 30.5 Å². The van der Waals surface area contributed by atoms with Gasteiger partial charge in [-0.2, -0.15) is 0 Å². The number of para-hydroxylation sites is 1. The smallest absolute Gasteiger partial charge is 0.407 e. The lowest BCUT2D eigenvalue weighted by atomic mass is 9.98. The molecule has 1 aromatic heterocycles. The second-order valence-electron chi connectivity index (χ2n) is 7.80. The summed E-state index contributed by atoms with van der Waals surface area (Å²) in [4.78, 5) is 43.0. The van der Waals surface area contributed by atoms with Gasteiger partial charge in [0.05, 0.1) is 33.8 Å². The number of nitrogens with one attached hydrogen (secondary N) is 1. The topological polar surface area (TPSA) is 99.5 Å². The molecule has 1 N–H and O–H groups in total. The fraction of sp³-hybridized carbons (Fsp3) is 0.333. The quantitative estimate of drug-likeness (QED) is 0.532. The molecule has 0 saturated heterocycles. The summed E-state index contributed by atoms with van der Waals surface area (Å²) in [5, 5.41) is 3.22. The largest absolute Gasteiger partial charge is 0.462 e. The number of aryl methyl sites for hydroxylation is 2. The van der Waals surface area contributed by atoms with E-state index in [9.17, 15) is 14.4 Å². The summed E-state index contributed by atoms with van der Waals surface area (Å²) in [5.74, 6) is -0.307. The van der Waals surface area contributed by atoms with Crippen molar-refractivity contribution < 1.29 is 19.1 Å². The SMILES string of the molecule is CCOC(=O)c1c(C)cc2nc(COC(=O)NC(C)C)n(-c3ccccc3Cl)c(=O)c2c1C. The van der Waals surface area contributed by atoms with Crippen molar-refractivity contribution in [3.8, 4) is 5.69 Å². The maximum Gasteiger partial charge on any atom is 0.407 e. The summed E-state index contributed by atoms with van der Waals surface area (Å²) in [6, 6.07) is 8.34. The minimum atomic E-state index is -0.630. The van der Waals surface area contributed by atoms with Crippen LogP contribution in [0.15, 0.2) is 35.1 Å². The van der Waals surface area contributed by atoms with Crippen LogP contribution in [0.25, 0.3) is 16.6 Å². The van der Waals surface area contributed by atoms with Crippen molar-refractivity contribution in [2.24, 2.45) is 0 Å². The predicted octanol–water partition coefficient (Wildman–Crippen LogP) is 4.47. The Labute approximate surface area is 196 Å². The number of halogens is 1. The average molecular weight is 472 g/mol. The Morgan fingerprint density at radius 3 is 2.52 bits per heavy atom. The Balaban J connectivity index is 2.27. The second-order valence-corrected chi connectivity index (χ2v) is 8.21. The Morgan fingerprint density at radius 2 is 1.88 bits per heavy atom. The fourth-order valence-electron chi connectivity index (χ4n) is 3.64. The lowest BCUT2D eigenvalue weighted by Gasteiger charge is -2.18.